The Morgan fingerprint density at radius 1 is 1.21 bits per heavy atom. The zero-order chi connectivity index (χ0) is 17.7. The number of rotatable bonds is 6. The molecule has 0 atom stereocenters. The number of carbonyl (C=O) groups excluding carboxylic acids is 1. The zero-order valence-corrected chi connectivity index (χ0v) is 14.3. The molecule has 24 heavy (non-hydrogen) atoms. The standard InChI is InChI=1S/C16H15Cl2N3O3/c1-20(9-11-4-2-3-5-13(11)17)10-16(22)19-15-7-6-12(21(23)24)8-14(15)18/h2-8H,9-10H2,1H3,(H,19,22). The average Bonchev–Trinajstić information content (AvgIpc) is 2.51. The SMILES string of the molecule is CN(CC(=O)Nc1ccc([N+](=O)[O-])cc1Cl)Cc1ccccc1Cl. The summed E-state index contributed by atoms with van der Waals surface area (Å²) in [5.41, 5.74) is 1.12. The highest BCUT2D eigenvalue weighted by Gasteiger charge is 2.13. The van der Waals surface area contributed by atoms with Gasteiger partial charge in [-0.15, -0.1) is 0 Å². The summed E-state index contributed by atoms with van der Waals surface area (Å²) in [4.78, 5) is 24.0. The number of nitrogens with zero attached hydrogens (tertiary/aromatic N) is 2. The van der Waals surface area contributed by atoms with Crippen molar-refractivity contribution in [3.8, 4) is 0 Å². The second-order valence-corrected chi connectivity index (χ2v) is 6.05. The molecule has 0 saturated carbocycles. The van der Waals surface area contributed by atoms with Crippen LogP contribution in [0.15, 0.2) is 42.5 Å². The molecular weight excluding hydrogens is 353 g/mol. The summed E-state index contributed by atoms with van der Waals surface area (Å²) in [5, 5.41) is 14.1. The molecule has 0 aromatic heterocycles. The van der Waals surface area contributed by atoms with Crippen molar-refractivity contribution in [2.24, 2.45) is 0 Å². The topological polar surface area (TPSA) is 75.5 Å². The maximum atomic E-state index is 12.1. The van der Waals surface area contributed by atoms with Gasteiger partial charge in [0.2, 0.25) is 5.91 Å². The van der Waals surface area contributed by atoms with Crippen LogP contribution in [-0.2, 0) is 11.3 Å². The number of carbonyl (C=O) groups is 1. The molecule has 0 bridgehead atoms. The molecule has 2 aromatic rings. The predicted octanol–water partition coefficient (Wildman–Crippen LogP) is 3.97. The first-order valence-corrected chi connectivity index (χ1v) is 7.78. The second-order valence-electron chi connectivity index (χ2n) is 5.23. The van der Waals surface area contributed by atoms with Crippen LogP contribution in [0.25, 0.3) is 0 Å². The molecular formula is C16H15Cl2N3O3. The molecule has 1 N–H and O–H groups in total. The number of non-ortho nitro benzene ring substituents is 1. The van der Waals surface area contributed by atoms with E-state index in [0.29, 0.717) is 17.3 Å². The fourth-order valence-corrected chi connectivity index (χ4v) is 2.54. The van der Waals surface area contributed by atoms with Gasteiger partial charge in [-0.3, -0.25) is 19.8 Å². The van der Waals surface area contributed by atoms with Gasteiger partial charge in [-0.1, -0.05) is 41.4 Å². The summed E-state index contributed by atoms with van der Waals surface area (Å²) in [6.45, 7) is 0.639. The number of amides is 1. The van der Waals surface area contributed by atoms with Crippen molar-refractivity contribution in [2.75, 3.05) is 18.9 Å². The fourth-order valence-electron chi connectivity index (χ4n) is 2.13. The van der Waals surface area contributed by atoms with Gasteiger partial charge in [0.05, 0.1) is 22.2 Å². The Bertz CT molecular complexity index is 768. The van der Waals surface area contributed by atoms with Gasteiger partial charge in [-0.2, -0.15) is 0 Å². The Morgan fingerprint density at radius 2 is 1.92 bits per heavy atom. The Morgan fingerprint density at radius 3 is 2.54 bits per heavy atom. The first-order chi connectivity index (χ1) is 11.4. The minimum Gasteiger partial charge on any atom is -0.324 e. The van der Waals surface area contributed by atoms with Crippen LogP contribution in [-0.4, -0.2) is 29.3 Å². The number of hydrogen-bond donors (Lipinski definition) is 1. The van der Waals surface area contributed by atoms with Gasteiger partial charge in [0, 0.05) is 23.7 Å². The molecule has 126 valence electrons. The summed E-state index contributed by atoms with van der Waals surface area (Å²) >= 11 is 12.1. The first kappa shape index (κ1) is 18.2. The third-order valence-corrected chi connectivity index (χ3v) is 3.93. The molecule has 6 nitrogen and oxygen atoms in total. The number of benzene rings is 2. The van der Waals surface area contributed by atoms with E-state index in [4.69, 9.17) is 23.2 Å². The van der Waals surface area contributed by atoms with Crippen LogP contribution >= 0.6 is 23.2 Å². The number of nitro groups is 1. The molecule has 0 fully saturated rings. The highest BCUT2D eigenvalue weighted by Crippen LogP contribution is 2.26. The normalized spacial score (nSPS) is 10.7. The maximum absolute atomic E-state index is 12.1. The molecule has 0 saturated heterocycles. The quantitative estimate of drug-likeness (QED) is 0.618. The fraction of sp³-hybridized carbons (Fsp3) is 0.188. The van der Waals surface area contributed by atoms with E-state index in [-0.39, 0.29) is 23.2 Å². The van der Waals surface area contributed by atoms with Gasteiger partial charge in [-0.25, -0.2) is 0 Å². The van der Waals surface area contributed by atoms with Gasteiger partial charge in [-0.05, 0) is 24.7 Å². The van der Waals surface area contributed by atoms with Crippen LogP contribution in [0.2, 0.25) is 10.0 Å². The Hall–Kier alpha value is -2.15. The van der Waals surface area contributed by atoms with Crippen molar-refractivity contribution in [3.63, 3.8) is 0 Å². The Balaban J connectivity index is 1.95. The summed E-state index contributed by atoms with van der Waals surface area (Å²) in [7, 11) is 1.79. The molecule has 0 radical (unpaired) electrons. The molecule has 0 aliphatic rings. The highest BCUT2D eigenvalue weighted by atomic mass is 35.5. The number of halogens is 2. The van der Waals surface area contributed by atoms with E-state index in [1.165, 1.54) is 18.2 Å². The van der Waals surface area contributed by atoms with Crippen molar-refractivity contribution in [2.45, 2.75) is 6.54 Å². The van der Waals surface area contributed by atoms with E-state index in [2.05, 4.69) is 5.32 Å². The summed E-state index contributed by atoms with van der Waals surface area (Å²) < 4.78 is 0. The van der Waals surface area contributed by atoms with Crippen molar-refractivity contribution >= 4 is 40.5 Å². The van der Waals surface area contributed by atoms with Crippen LogP contribution in [0, 0.1) is 10.1 Å². The largest absolute Gasteiger partial charge is 0.324 e. The number of hydrogen-bond acceptors (Lipinski definition) is 4. The van der Waals surface area contributed by atoms with Crippen LogP contribution in [0.5, 0.6) is 0 Å². The molecule has 0 unspecified atom stereocenters. The average molecular weight is 368 g/mol. The minimum atomic E-state index is -0.547. The van der Waals surface area contributed by atoms with Crippen LogP contribution in [0.3, 0.4) is 0 Å². The van der Waals surface area contributed by atoms with E-state index < -0.39 is 4.92 Å². The van der Waals surface area contributed by atoms with E-state index >= 15 is 0 Å². The van der Waals surface area contributed by atoms with E-state index in [1.54, 1.807) is 18.0 Å². The number of nitrogens with one attached hydrogen (secondary N) is 1. The molecule has 1 amide bonds. The van der Waals surface area contributed by atoms with Crippen molar-refractivity contribution in [3.05, 3.63) is 68.2 Å². The van der Waals surface area contributed by atoms with E-state index in [1.807, 2.05) is 18.2 Å². The second kappa shape index (κ2) is 8.10. The van der Waals surface area contributed by atoms with Crippen molar-refractivity contribution < 1.29 is 9.72 Å². The first-order valence-electron chi connectivity index (χ1n) is 7.02. The van der Waals surface area contributed by atoms with Gasteiger partial charge < -0.3 is 5.32 Å². The lowest BCUT2D eigenvalue weighted by Gasteiger charge is -2.17. The molecule has 0 spiro atoms. The van der Waals surface area contributed by atoms with Gasteiger partial charge in [0.25, 0.3) is 5.69 Å². The van der Waals surface area contributed by atoms with E-state index in [0.717, 1.165) is 5.56 Å². The zero-order valence-electron chi connectivity index (χ0n) is 12.8. The molecule has 0 aliphatic carbocycles. The molecule has 2 rings (SSSR count). The summed E-state index contributed by atoms with van der Waals surface area (Å²) in [6.07, 6.45) is 0. The highest BCUT2D eigenvalue weighted by molar-refractivity contribution is 6.34. The summed E-state index contributed by atoms with van der Waals surface area (Å²) in [6, 6.07) is 11.3. The summed E-state index contributed by atoms with van der Waals surface area (Å²) in [5.74, 6) is -0.277. The van der Waals surface area contributed by atoms with E-state index in [9.17, 15) is 14.9 Å². The Kier molecular flexibility index (Phi) is 6.14. The third-order valence-electron chi connectivity index (χ3n) is 3.25. The number of anilines is 1. The lowest BCUT2D eigenvalue weighted by Crippen LogP contribution is -2.30. The lowest BCUT2D eigenvalue weighted by molar-refractivity contribution is -0.384. The number of likely N-dealkylation sites (N-methyl/N-ethyl adjacent to an activating group) is 1. The smallest absolute Gasteiger partial charge is 0.271 e. The van der Waals surface area contributed by atoms with Crippen molar-refractivity contribution in [1.82, 2.24) is 4.90 Å². The molecule has 2 aromatic carbocycles. The minimum absolute atomic E-state index is 0.117. The molecule has 0 aliphatic heterocycles. The predicted molar refractivity (Wildman–Crippen MR) is 94.5 cm³/mol. The number of nitro benzene ring substituents is 1. The van der Waals surface area contributed by atoms with Crippen LogP contribution in [0.1, 0.15) is 5.56 Å². The maximum Gasteiger partial charge on any atom is 0.271 e. The van der Waals surface area contributed by atoms with Crippen molar-refractivity contribution in [1.29, 1.82) is 0 Å². The molecule has 8 heteroatoms. The van der Waals surface area contributed by atoms with Crippen LogP contribution in [0.4, 0.5) is 11.4 Å². The van der Waals surface area contributed by atoms with Crippen LogP contribution < -0.4 is 5.32 Å². The lowest BCUT2D eigenvalue weighted by atomic mass is 10.2. The van der Waals surface area contributed by atoms with Gasteiger partial charge >= 0.3 is 0 Å². The Labute approximate surface area is 149 Å². The van der Waals surface area contributed by atoms with Gasteiger partial charge in [0.1, 0.15) is 0 Å². The van der Waals surface area contributed by atoms with Gasteiger partial charge in [0.15, 0.2) is 0 Å². The third kappa shape index (κ3) is 4.92. The molecule has 0 heterocycles. The monoisotopic (exact) mass is 367 g/mol.